The number of benzene rings is 2. The molecule has 0 bridgehead atoms. The fourth-order valence-electron chi connectivity index (χ4n) is 1.77. The van der Waals surface area contributed by atoms with E-state index in [0.29, 0.717) is 11.3 Å². The molecule has 0 spiro atoms. The topological polar surface area (TPSA) is 92.4 Å². The Morgan fingerprint density at radius 3 is 2.38 bits per heavy atom. The molecule has 0 aliphatic carbocycles. The van der Waals surface area contributed by atoms with Crippen LogP contribution in [0.4, 0.5) is 5.69 Å². The lowest BCUT2D eigenvalue weighted by Gasteiger charge is -2.13. The zero-order valence-corrected chi connectivity index (χ0v) is 11.7. The van der Waals surface area contributed by atoms with Crippen LogP contribution < -0.4 is 11.1 Å². The van der Waals surface area contributed by atoms with E-state index < -0.39 is 17.9 Å². The average Bonchev–Trinajstić information content (AvgIpc) is 2.49. The summed E-state index contributed by atoms with van der Waals surface area (Å²) in [5, 5.41) is 11.6. The third kappa shape index (κ3) is 3.59. The van der Waals surface area contributed by atoms with E-state index >= 15 is 0 Å². The SMILES string of the molecule is N[C@@H](C(=O)Nc1ccc(C(=O)O)cc1Cl)c1ccccc1. The van der Waals surface area contributed by atoms with Crippen molar-refractivity contribution in [3.63, 3.8) is 0 Å². The highest BCUT2D eigenvalue weighted by atomic mass is 35.5. The molecule has 0 saturated heterocycles. The van der Waals surface area contributed by atoms with Gasteiger partial charge in [0.1, 0.15) is 6.04 Å². The van der Waals surface area contributed by atoms with Crippen molar-refractivity contribution >= 4 is 29.2 Å². The smallest absolute Gasteiger partial charge is 0.335 e. The number of carbonyl (C=O) groups is 2. The van der Waals surface area contributed by atoms with Crippen molar-refractivity contribution in [3.05, 3.63) is 64.7 Å². The largest absolute Gasteiger partial charge is 0.478 e. The first kappa shape index (κ1) is 15.0. The molecular formula is C15H13ClN2O3. The highest BCUT2D eigenvalue weighted by Crippen LogP contribution is 2.24. The van der Waals surface area contributed by atoms with Gasteiger partial charge in [-0.3, -0.25) is 4.79 Å². The number of anilines is 1. The lowest BCUT2D eigenvalue weighted by atomic mass is 10.1. The number of hydrogen-bond donors (Lipinski definition) is 3. The second-order valence-corrected chi connectivity index (χ2v) is 4.78. The normalized spacial score (nSPS) is 11.7. The van der Waals surface area contributed by atoms with E-state index in [1.54, 1.807) is 24.3 Å². The highest BCUT2D eigenvalue weighted by Gasteiger charge is 2.17. The maximum atomic E-state index is 12.1. The molecule has 5 nitrogen and oxygen atoms in total. The van der Waals surface area contributed by atoms with Crippen LogP contribution in [0, 0.1) is 0 Å². The van der Waals surface area contributed by atoms with Crippen molar-refractivity contribution in [1.29, 1.82) is 0 Å². The number of halogens is 1. The van der Waals surface area contributed by atoms with Crippen LogP contribution in [0.1, 0.15) is 22.0 Å². The van der Waals surface area contributed by atoms with Gasteiger partial charge in [-0.25, -0.2) is 4.79 Å². The highest BCUT2D eigenvalue weighted by molar-refractivity contribution is 6.34. The molecule has 6 heteroatoms. The Hall–Kier alpha value is -2.37. The van der Waals surface area contributed by atoms with E-state index in [2.05, 4.69) is 5.32 Å². The van der Waals surface area contributed by atoms with Crippen LogP contribution in [0.15, 0.2) is 48.5 Å². The van der Waals surface area contributed by atoms with Gasteiger partial charge in [0.05, 0.1) is 16.3 Å². The summed E-state index contributed by atoms with van der Waals surface area (Å²) < 4.78 is 0. The first-order valence-corrected chi connectivity index (χ1v) is 6.51. The Bertz CT molecular complexity index is 674. The number of nitrogens with two attached hydrogens (primary N) is 1. The zero-order valence-electron chi connectivity index (χ0n) is 10.9. The van der Waals surface area contributed by atoms with E-state index in [1.165, 1.54) is 18.2 Å². The minimum Gasteiger partial charge on any atom is -0.478 e. The van der Waals surface area contributed by atoms with Gasteiger partial charge in [-0.1, -0.05) is 41.9 Å². The zero-order chi connectivity index (χ0) is 15.4. The predicted octanol–water partition coefficient (Wildman–Crippen LogP) is 2.68. The summed E-state index contributed by atoms with van der Waals surface area (Å²) in [4.78, 5) is 22.9. The van der Waals surface area contributed by atoms with Gasteiger partial charge in [0.2, 0.25) is 5.91 Å². The minimum absolute atomic E-state index is 0.0466. The van der Waals surface area contributed by atoms with E-state index in [9.17, 15) is 9.59 Å². The minimum atomic E-state index is -1.09. The summed E-state index contributed by atoms with van der Waals surface area (Å²) >= 11 is 5.95. The number of hydrogen-bond acceptors (Lipinski definition) is 3. The van der Waals surface area contributed by atoms with Gasteiger partial charge < -0.3 is 16.2 Å². The number of rotatable bonds is 4. The third-order valence-electron chi connectivity index (χ3n) is 2.92. The average molecular weight is 305 g/mol. The van der Waals surface area contributed by atoms with Gasteiger partial charge >= 0.3 is 5.97 Å². The molecule has 4 N–H and O–H groups in total. The van der Waals surface area contributed by atoms with E-state index in [1.807, 2.05) is 6.07 Å². The number of amides is 1. The third-order valence-corrected chi connectivity index (χ3v) is 3.23. The molecule has 0 aliphatic heterocycles. The Morgan fingerprint density at radius 1 is 1.14 bits per heavy atom. The summed E-state index contributed by atoms with van der Waals surface area (Å²) in [5.41, 5.74) is 6.90. The molecule has 108 valence electrons. The molecule has 21 heavy (non-hydrogen) atoms. The Kier molecular flexibility index (Phi) is 4.57. The van der Waals surface area contributed by atoms with Crippen LogP contribution in [0.25, 0.3) is 0 Å². The molecule has 2 aromatic rings. The molecule has 2 rings (SSSR count). The lowest BCUT2D eigenvalue weighted by molar-refractivity contribution is -0.117. The van der Waals surface area contributed by atoms with Crippen LogP contribution in [-0.2, 0) is 4.79 Å². The maximum Gasteiger partial charge on any atom is 0.335 e. The fourth-order valence-corrected chi connectivity index (χ4v) is 2.00. The van der Waals surface area contributed by atoms with E-state index in [4.69, 9.17) is 22.4 Å². The summed E-state index contributed by atoms with van der Waals surface area (Å²) in [7, 11) is 0. The van der Waals surface area contributed by atoms with Crippen LogP contribution in [0.5, 0.6) is 0 Å². The Labute approximate surface area is 126 Å². The summed E-state index contributed by atoms with van der Waals surface area (Å²) in [5.74, 6) is -1.51. The molecule has 0 aromatic heterocycles. The van der Waals surface area contributed by atoms with Crippen molar-refractivity contribution in [2.75, 3.05) is 5.32 Å². The molecule has 0 heterocycles. The van der Waals surface area contributed by atoms with E-state index in [-0.39, 0.29) is 10.6 Å². The summed E-state index contributed by atoms with van der Waals surface area (Å²) in [6.07, 6.45) is 0. The first-order chi connectivity index (χ1) is 9.99. The van der Waals surface area contributed by atoms with Crippen LogP contribution in [0.3, 0.4) is 0 Å². The van der Waals surface area contributed by atoms with Crippen molar-refractivity contribution in [2.24, 2.45) is 5.73 Å². The maximum absolute atomic E-state index is 12.1. The number of carboxylic acid groups (broad SMARTS) is 1. The fraction of sp³-hybridized carbons (Fsp3) is 0.0667. The summed E-state index contributed by atoms with van der Waals surface area (Å²) in [6.45, 7) is 0. The van der Waals surface area contributed by atoms with E-state index in [0.717, 1.165) is 0 Å². The molecule has 1 atom stereocenters. The van der Waals surface area contributed by atoms with Crippen LogP contribution in [0.2, 0.25) is 5.02 Å². The van der Waals surface area contributed by atoms with Gasteiger partial charge in [0, 0.05) is 0 Å². The quantitative estimate of drug-likeness (QED) is 0.809. The van der Waals surface area contributed by atoms with Crippen molar-refractivity contribution in [1.82, 2.24) is 0 Å². The van der Waals surface area contributed by atoms with Crippen molar-refractivity contribution in [2.45, 2.75) is 6.04 Å². The second-order valence-electron chi connectivity index (χ2n) is 4.38. The van der Waals surface area contributed by atoms with Gasteiger partial charge in [0.25, 0.3) is 0 Å². The molecule has 0 radical (unpaired) electrons. The number of carbonyl (C=O) groups excluding carboxylic acids is 1. The molecule has 0 fully saturated rings. The summed E-state index contributed by atoms with van der Waals surface area (Å²) in [6, 6.07) is 12.1. The van der Waals surface area contributed by atoms with Crippen molar-refractivity contribution in [3.8, 4) is 0 Å². The lowest BCUT2D eigenvalue weighted by Crippen LogP contribution is -2.27. The molecular weight excluding hydrogens is 292 g/mol. The Morgan fingerprint density at radius 2 is 1.81 bits per heavy atom. The van der Waals surface area contributed by atoms with Gasteiger partial charge in [-0.15, -0.1) is 0 Å². The molecule has 1 amide bonds. The molecule has 0 unspecified atom stereocenters. The Balaban J connectivity index is 2.15. The molecule has 0 saturated carbocycles. The monoisotopic (exact) mass is 304 g/mol. The van der Waals surface area contributed by atoms with Gasteiger partial charge in [0.15, 0.2) is 0 Å². The number of aromatic carboxylic acids is 1. The number of nitrogens with one attached hydrogen (secondary N) is 1. The van der Waals surface area contributed by atoms with Gasteiger partial charge in [-0.2, -0.15) is 0 Å². The predicted molar refractivity (Wildman–Crippen MR) is 80.4 cm³/mol. The first-order valence-electron chi connectivity index (χ1n) is 6.13. The number of carboxylic acids is 1. The van der Waals surface area contributed by atoms with Crippen LogP contribution in [-0.4, -0.2) is 17.0 Å². The molecule has 0 aliphatic rings. The standard InChI is InChI=1S/C15H13ClN2O3/c16-11-8-10(15(20)21)6-7-12(11)18-14(19)13(17)9-4-2-1-3-5-9/h1-8,13H,17H2,(H,18,19)(H,20,21)/t13-/m1/s1. The molecule has 2 aromatic carbocycles. The van der Waals surface area contributed by atoms with Crippen LogP contribution >= 0.6 is 11.6 Å². The van der Waals surface area contributed by atoms with Gasteiger partial charge in [-0.05, 0) is 23.8 Å². The second kappa shape index (κ2) is 6.39. The van der Waals surface area contributed by atoms with Crippen molar-refractivity contribution < 1.29 is 14.7 Å².